The molecule has 9 heteroatoms. The molecule has 29 heavy (non-hydrogen) atoms. The molecule has 6 nitrogen and oxygen atoms in total. The number of sulfonamides is 2. The molecule has 0 radical (unpaired) electrons. The van der Waals surface area contributed by atoms with E-state index in [0.29, 0.717) is 10.7 Å². The van der Waals surface area contributed by atoms with Crippen LogP contribution in [0.4, 0.5) is 11.4 Å². The summed E-state index contributed by atoms with van der Waals surface area (Å²) in [6.07, 6.45) is 0. The van der Waals surface area contributed by atoms with Gasteiger partial charge in [0.1, 0.15) is 0 Å². The number of hydrogen-bond donors (Lipinski definition) is 2. The van der Waals surface area contributed by atoms with Crippen LogP contribution in [0.1, 0.15) is 11.1 Å². The van der Waals surface area contributed by atoms with Crippen LogP contribution in [0.25, 0.3) is 0 Å². The summed E-state index contributed by atoms with van der Waals surface area (Å²) >= 11 is 5.80. The number of nitrogens with one attached hydrogen (secondary N) is 2. The van der Waals surface area contributed by atoms with Crippen molar-refractivity contribution in [3.8, 4) is 0 Å². The zero-order chi connectivity index (χ0) is 21.2. The van der Waals surface area contributed by atoms with Crippen molar-refractivity contribution in [3.63, 3.8) is 0 Å². The number of rotatable bonds is 6. The molecule has 0 aliphatic rings. The molecule has 0 fully saturated rings. The molecule has 3 rings (SSSR count). The van der Waals surface area contributed by atoms with Crippen LogP contribution >= 0.6 is 11.6 Å². The smallest absolute Gasteiger partial charge is 0.261 e. The van der Waals surface area contributed by atoms with Crippen LogP contribution in [0.3, 0.4) is 0 Å². The highest BCUT2D eigenvalue weighted by Gasteiger charge is 2.17. The lowest BCUT2D eigenvalue weighted by Gasteiger charge is -2.11. The summed E-state index contributed by atoms with van der Waals surface area (Å²) in [5.41, 5.74) is 2.48. The van der Waals surface area contributed by atoms with Gasteiger partial charge in [0.2, 0.25) is 0 Å². The second-order valence-electron chi connectivity index (χ2n) is 6.49. The Kier molecular flexibility index (Phi) is 5.88. The molecule has 152 valence electrons. The number of benzene rings is 3. The number of halogens is 1. The van der Waals surface area contributed by atoms with Gasteiger partial charge < -0.3 is 0 Å². The van der Waals surface area contributed by atoms with Crippen LogP contribution in [0.5, 0.6) is 0 Å². The van der Waals surface area contributed by atoms with Gasteiger partial charge in [0, 0.05) is 16.4 Å². The maximum Gasteiger partial charge on any atom is 0.261 e. The Bertz CT molecular complexity index is 1240. The average Bonchev–Trinajstić information content (AvgIpc) is 2.66. The Labute approximate surface area is 175 Å². The normalized spacial score (nSPS) is 11.8. The fraction of sp³-hybridized carbons (Fsp3) is 0.100. The van der Waals surface area contributed by atoms with Crippen molar-refractivity contribution in [2.24, 2.45) is 0 Å². The summed E-state index contributed by atoms with van der Waals surface area (Å²) in [6, 6.07) is 16.6. The third-order valence-electron chi connectivity index (χ3n) is 4.30. The predicted octanol–water partition coefficient (Wildman–Crippen LogP) is 4.56. The van der Waals surface area contributed by atoms with Crippen molar-refractivity contribution < 1.29 is 16.8 Å². The van der Waals surface area contributed by atoms with Crippen LogP contribution in [0.15, 0.2) is 76.5 Å². The number of anilines is 2. The van der Waals surface area contributed by atoms with Crippen molar-refractivity contribution in [1.82, 2.24) is 0 Å². The molecule has 2 N–H and O–H groups in total. The van der Waals surface area contributed by atoms with Crippen molar-refractivity contribution >= 4 is 43.0 Å². The first-order valence-corrected chi connectivity index (χ1v) is 11.9. The van der Waals surface area contributed by atoms with E-state index in [2.05, 4.69) is 9.44 Å². The summed E-state index contributed by atoms with van der Waals surface area (Å²) in [4.78, 5) is 0.142. The van der Waals surface area contributed by atoms with Crippen LogP contribution in [0.2, 0.25) is 5.02 Å². The van der Waals surface area contributed by atoms with E-state index in [0.717, 1.165) is 11.1 Å². The minimum atomic E-state index is -3.82. The second-order valence-corrected chi connectivity index (χ2v) is 10.3. The van der Waals surface area contributed by atoms with Gasteiger partial charge in [0.15, 0.2) is 0 Å². The van der Waals surface area contributed by atoms with Crippen LogP contribution in [0, 0.1) is 13.8 Å². The van der Waals surface area contributed by atoms with Crippen molar-refractivity contribution in [1.29, 1.82) is 0 Å². The van der Waals surface area contributed by atoms with Gasteiger partial charge in [-0.2, -0.15) is 0 Å². The highest BCUT2D eigenvalue weighted by Crippen LogP contribution is 2.22. The zero-order valence-electron chi connectivity index (χ0n) is 15.7. The molecule has 0 aliphatic carbocycles. The molecule has 0 saturated heterocycles. The van der Waals surface area contributed by atoms with Gasteiger partial charge >= 0.3 is 0 Å². The summed E-state index contributed by atoms with van der Waals surface area (Å²) in [5.74, 6) is 0. The van der Waals surface area contributed by atoms with E-state index in [1.165, 1.54) is 30.3 Å². The minimum Gasteiger partial charge on any atom is -0.280 e. The van der Waals surface area contributed by atoms with Gasteiger partial charge in [-0.25, -0.2) is 16.8 Å². The molecule has 3 aromatic rings. The molecule has 0 spiro atoms. The molecule has 0 aromatic heterocycles. The molecule has 0 bridgehead atoms. The summed E-state index contributed by atoms with van der Waals surface area (Å²) in [6.45, 7) is 3.73. The van der Waals surface area contributed by atoms with E-state index in [9.17, 15) is 16.8 Å². The van der Waals surface area contributed by atoms with Crippen molar-refractivity contribution in [2.75, 3.05) is 9.44 Å². The molecule has 0 unspecified atom stereocenters. The largest absolute Gasteiger partial charge is 0.280 e. The van der Waals surface area contributed by atoms with E-state index >= 15 is 0 Å². The summed E-state index contributed by atoms with van der Waals surface area (Å²) in [5, 5.41) is 0.494. The Balaban J connectivity index is 1.78. The van der Waals surface area contributed by atoms with Gasteiger partial charge in [-0.15, -0.1) is 0 Å². The fourth-order valence-corrected chi connectivity index (χ4v) is 4.86. The van der Waals surface area contributed by atoms with E-state index < -0.39 is 20.0 Å². The SMILES string of the molecule is Cc1ccc(S(=O)(=O)Nc2ccc(S(=O)(=O)Nc3ccc(Cl)cc3)cc2)cc1C. The van der Waals surface area contributed by atoms with Crippen LogP contribution in [-0.2, 0) is 20.0 Å². The average molecular weight is 451 g/mol. The first kappa shape index (κ1) is 21.2. The van der Waals surface area contributed by atoms with Gasteiger partial charge in [0.05, 0.1) is 9.79 Å². The van der Waals surface area contributed by atoms with E-state index in [1.54, 1.807) is 36.4 Å². The summed E-state index contributed by atoms with van der Waals surface area (Å²) in [7, 11) is -7.60. The monoisotopic (exact) mass is 450 g/mol. The highest BCUT2D eigenvalue weighted by atomic mass is 35.5. The first-order valence-electron chi connectivity index (χ1n) is 8.55. The molecule has 0 saturated carbocycles. The minimum absolute atomic E-state index is 0.00146. The van der Waals surface area contributed by atoms with E-state index in [1.807, 2.05) is 13.8 Å². The standard InChI is InChI=1S/C20H19ClN2O4S2/c1-14-3-10-20(13-15(14)2)29(26,27)23-18-8-11-19(12-9-18)28(24,25)22-17-6-4-16(21)5-7-17/h3-13,22-23H,1-2H3. The third kappa shape index (κ3) is 5.09. The Morgan fingerprint density at radius 2 is 1.07 bits per heavy atom. The molecule has 3 aromatic carbocycles. The highest BCUT2D eigenvalue weighted by molar-refractivity contribution is 7.93. The van der Waals surface area contributed by atoms with E-state index in [4.69, 9.17) is 11.6 Å². The third-order valence-corrected chi connectivity index (χ3v) is 7.33. The number of aryl methyl sites for hydroxylation is 2. The Hall–Kier alpha value is -2.55. The van der Waals surface area contributed by atoms with Gasteiger partial charge in [0.25, 0.3) is 20.0 Å². The Morgan fingerprint density at radius 1 is 0.621 bits per heavy atom. The predicted molar refractivity (Wildman–Crippen MR) is 115 cm³/mol. The fourth-order valence-electron chi connectivity index (χ4n) is 2.53. The molecule has 0 aliphatic heterocycles. The molecule has 0 amide bonds. The van der Waals surface area contributed by atoms with E-state index in [-0.39, 0.29) is 15.5 Å². The topological polar surface area (TPSA) is 92.3 Å². The molecule has 0 atom stereocenters. The molecular weight excluding hydrogens is 432 g/mol. The first-order chi connectivity index (χ1) is 13.6. The molecular formula is C20H19ClN2O4S2. The van der Waals surface area contributed by atoms with Crippen molar-refractivity contribution in [2.45, 2.75) is 23.6 Å². The summed E-state index contributed by atoms with van der Waals surface area (Å²) < 4.78 is 55.0. The molecule has 0 heterocycles. The lowest BCUT2D eigenvalue weighted by Crippen LogP contribution is -2.14. The maximum absolute atomic E-state index is 12.6. The van der Waals surface area contributed by atoms with Crippen LogP contribution < -0.4 is 9.44 Å². The Morgan fingerprint density at radius 3 is 1.59 bits per heavy atom. The van der Waals surface area contributed by atoms with Gasteiger partial charge in [-0.05, 0) is 85.6 Å². The number of hydrogen-bond acceptors (Lipinski definition) is 4. The lowest BCUT2D eigenvalue weighted by atomic mass is 10.1. The van der Waals surface area contributed by atoms with Crippen molar-refractivity contribution in [3.05, 3.63) is 82.9 Å². The zero-order valence-corrected chi connectivity index (χ0v) is 18.1. The maximum atomic E-state index is 12.6. The van der Waals surface area contributed by atoms with Crippen LogP contribution in [-0.4, -0.2) is 16.8 Å². The van der Waals surface area contributed by atoms with Gasteiger partial charge in [-0.1, -0.05) is 17.7 Å². The quantitative estimate of drug-likeness (QED) is 0.575. The second kappa shape index (κ2) is 8.06. The lowest BCUT2D eigenvalue weighted by molar-refractivity contribution is 0.600. The van der Waals surface area contributed by atoms with Gasteiger partial charge in [-0.3, -0.25) is 9.44 Å².